The Labute approximate surface area is 170 Å². The molecule has 5 nitrogen and oxygen atoms in total. The number of thiazole rings is 1. The molecule has 7 heteroatoms. The van der Waals surface area contributed by atoms with Gasteiger partial charge in [0.05, 0.1) is 10.7 Å². The molecule has 0 bridgehead atoms. The van der Waals surface area contributed by atoms with Crippen LogP contribution in [0.25, 0.3) is 0 Å². The quantitative estimate of drug-likeness (QED) is 0.651. The summed E-state index contributed by atoms with van der Waals surface area (Å²) >= 11 is 3.46. The van der Waals surface area contributed by atoms with E-state index < -0.39 is 0 Å². The minimum absolute atomic E-state index is 0.153. The van der Waals surface area contributed by atoms with E-state index in [1.165, 1.54) is 5.69 Å². The van der Waals surface area contributed by atoms with Gasteiger partial charge in [-0.25, -0.2) is 4.98 Å². The third-order valence-corrected chi connectivity index (χ3v) is 6.45. The molecule has 3 rings (SSSR count). The van der Waals surface area contributed by atoms with Gasteiger partial charge >= 0.3 is 0 Å². The number of rotatable bonds is 9. The fraction of sp³-hybridized carbons (Fsp3) is 0.500. The number of benzene rings is 1. The molecule has 1 amide bonds. The molecule has 0 aliphatic carbocycles. The highest BCUT2D eigenvalue weighted by Gasteiger charge is 2.16. The minimum atomic E-state index is 0.153. The average Bonchev–Trinajstić information content (AvgIpc) is 3.12. The van der Waals surface area contributed by atoms with Crippen molar-refractivity contribution in [3.63, 3.8) is 0 Å². The maximum atomic E-state index is 12.0. The Balaban J connectivity index is 1.23. The number of thioether (sulfide) groups is 1. The van der Waals surface area contributed by atoms with Crippen molar-refractivity contribution < 1.29 is 4.79 Å². The number of aromatic nitrogens is 1. The van der Waals surface area contributed by atoms with Crippen LogP contribution < -0.4 is 10.2 Å². The summed E-state index contributed by atoms with van der Waals surface area (Å²) in [6.07, 6.45) is 0.579. The molecule has 1 saturated heterocycles. The first-order valence-corrected chi connectivity index (χ1v) is 11.5. The number of piperazine rings is 1. The fourth-order valence-electron chi connectivity index (χ4n) is 3.13. The van der Waals surface area contributed by atoms with E-state index >= 15 is 0 Å². The van der Waals surface area contributed by atoms with Gasteiger partial charge in [-0.15, -0.1) is 11.3 Å². The molecule has 27 heavy (non-hydrogen) atoms. The molecule has 1 aromatic heterocycles. The van der Waals surface area contributed by atoms with Crippen LogP contribution in [0.4, 0.5) is 5.69 Å². The van der Waals surface area contributed by atoms with E-state index in [-0.39, 0.29) is 5.91 Å². The van der Waals surface area contributed by atoms with Crippen molar-refractivity contribution in [1.29, 1.82) is 0 Å². The molecule has 0 unspecified atom stereocenters. The summed E-state index contributed by atoms with van der Waals surface area (Å²) in [4.78, 5) is 21.3. The van der Waals surface area contributed by atoms with Gasteiger partial charge in [-0.3, -0.25) is 9.69 Å². The van der Waals surface area contributed by atoms with Crippen LogP contribution in [-0.2, 0) is 10.5 Å². The minimum Gasteiger partial charge on any atom is -0.369 e. The van der Waals surface area contributed by atoms with Crippen molar-refractivity contribution in [3.8, 4) is 0 Å². The van der Waals surface area contributed by atoms with Crippen LogP contribution >= 0.6 is 23.1 Å². The molecule has 146 valence electrons. The molecular formula is C20H28N4OS2. The van der Waals surface area contributed by atoms with Crippen molar-refractivity contribution in [2.24, 2.45) is 0 Å². The number of aryl methyl sites for hydroxylation is 1. The fourth-order valence-corrected chi connectivity index (χ4v) is 4.68. The van der Waals surface area contributed by atoms with Gasteiger partial charge in [0.25, 0.3) is 0 Å². The van der Waals surface area contributed by atoms with Crippen molar-refractivity contribution in [2.75, 3.05) is 49.9 Å². The number of anilines is 1. The second kappa shape index (κ2) is 10.7. The van der Waals surface area contributed by atoms with Gasteiger partial charge in [0.15, 0.2) is 0 Å². The average molecular weight is 405 g/mol. The first-order valence-electron chi connectivity index (χ1n) is 9.48. The number of carbonyl (C=O) groups is 1. The van der Waals surface area contributed by atoms with Crippen LogP contribution in [0.3, 0.4) is 0 Å². The van der Waals surface area contributed by atoms with Gasteiger partial charge in [-0.2, -0.15) is 11.8 Å². The van der Waals surface area contributed by atoms with Crippen LogP contribution in [0.1, 0.15) is 17.1 Å². The number of carbonyl (C=O) groups excluding carboxylic acids is 1. The first-order chi connectivity index (χ1) is 13.2. The lowest BCUT2D eigenvalue weighted by Crippen LogP contribution is -2.48. The SMILES string of the molecule is Cc1nc(CSCCC(=O)NCCN2CCN(c3ccccc3)CC2)cs1. The van der Waals surface area contributed by atoms with Crippen LogP contribution in [0.15, 0.2) is 35.7 Å². The highest BCUT2D eigenvalue weighted by molar-refractivity contribution is 7.98. The summed E-state index contributed by atoms with van der Waals surface area (Å²) < 4.78 is 0. The Hall–Kier alpha value is -1.57. The molecule has 2 aromatic rings. The summed E-state index contributed by atoms with van der Waals surface area (Å²) in [6.45, 7) is 7.88. The molecule has 1 N–H and O–H groups in total. The highest BCUT2D eigenvalue weighted by Crippen LogP contribution is 2.16. The number of amides is 1. The highest BCUT2D eigenvalue weighted by atomic mass is 32.2. The van der Waals surface area contributed by atoms with Crippen molar-refractivity contribution in [3.05, 3.63) is 46.4 Å². The molecule has 1 aliphatic rings. The largest absolute Gasteiger partial charge is 0.369 e. The van der Waals surface area contributed by atoms with Gasteiger partial charge in [0, 0.05) is 68.3 Å². The Bertz CT molecular complexity index is 699. The summed E-state index contributed by atoms with van der Waals surface area (Å²) in [5.74, 6) is 1.89. The van der Waals surface area contributed by atoms with E-state index in [1.54, 1.807) is 23.1 Å². The van der Waals surface area contributed by atoms with E-state index in [2.05, 4.69) is 55.8 Å². The molecule has 0 atom stereocenters. The zero-order chi connectivity index (χ0) is 18.9. The normalized spacial score (nSPS) is 15.1. The second-order valence-electron chi connectivity index (χ2n) is 6.67. The van der Waals surface area contributed by atoms with Crippen molar-refractivity contribution >= 4 is 34.7 Å². The number of nitrogens with zero attached hydrogens (tertiary/aromatic N) is 3. The van der Waals surface area contributed by atoms with Gasteiger partial charge in [-0.05, 0) is 19.1 Å². The summed E-state index contributed by atoms with van der Waals surface area (Å²) in [5, 5.41) is 6.26. The lowest BCUT2D eigenvalue weighted by Gasteiger charge is -2.36. The summed E-state index contributed by atoms with van der Waals surface area (Å²) in [6, 6.07) is 10.6. The molecule has 2 heterocycles. The van der Waals surface area contributed by atoms with E-state index in [0.29, 0.717) is 6.42 Å². The topological polar surface area (TPSA) is 48.5 Å². The zero-order valence-corrected chi connectivity index (χ0v) is 17.5. The number of hydrogen-bond donors (Lipinski definition) is 1. The maximum absolute atomic E-state index is 12.0. The van der Waals surface area contributed by atoms with E-state index in [9.17, 15) is 4.79 Å². The van der Waals surface area contributed by atoms with Crippen molar-refractivity contribution in [1.82, 2.24) is 15.2 Å². The predicted molar refractivity (Wildman–Crippen MR) is 116 cm³/mol. The lowest BCUT2D eigenvalue weighted by atomic mass is 10.2. The smallest absolute Gasteiger partial charge is 0.220 e. The first kappa shape index (κ1) is 20.2. The summed E-state index contributed by atoms with van der Waals surface area (Å²) in [7, 11) is 0. The molecule has 1 fully saturated rings. The van der Waals surface area contributed by atoms with Crippen molar-refractivity contribution in [2.45, 2.75) is 19.1 Å². The standard InChI is InChI=1S/C20H28N4OS2/c1-17-22-18(16-27-17)15-26-14-7-20(25)21-8-9-23-10-12-24(13-11-23)19-5-3-2-4-6-19/h2-6,16H,7-15H2,1H3,(H,21,25). The zero-order valence-electron chi connectivity index (χ0n) is 15.9. The molecular weight excluding hydrogens is 376 g/mol. The molecule has 1 aromatic carbocycles. The van der Waals surface area contributed by atoms with Gasteiger partial charge in [0.2, 0.25) is 5.91 Å². The second-order valence-corrected chi connectivity index (χ2v) is 8.84. The Morgan fingerprint density at radius 2 is 2.00 bits per heavy atom. The van der Waals surface area contributed by atoms with E-state index in [1.807, 2.05) is 6.92 Å². The predicted octanol–water partition coefficient (Wildman–Crippen LogP) is 3.01. The number of para-hydroxylation sites is 1. The Morgan fingerprint density at radius 3 is 2.70 bits per heavy atom. The Morgan fingerprint density at radius 1 is 1.22 bits per heavy atom. The third kappa shape index (κ3) is 6.83. The van der Waals surface area contributed by atoms with Crippen LogP contribution in [0.5, 0.6) is 0 Å². The third-order valence-electron chi connectivity index (χ3n) is 4.63. The Kier molecular flexibility index (Phi) is 7.98. The molecule has 0 spiro atoms. The maximum Gasteiger partial charge on any atom is 0.220 e. The summed E-state index contributed by atoms with van der Waals surface area (Å²) in [5.41, 5.74) is 2.42. The van der Waals surface area contributed by atoms with E-state index in [4.69, 9.17) is 0 Å². The lowest BCUT2D eigenvalue weighted by molar-refractivity contribution is -0.120. The van der Waals surface area contributed by atoms with Gasteiger partial charge in [-0.1, -0.05) is 18.2 Å². The molecule has 0 saturated carbocycles. The van der Waals surface area contributed by atoms with Gasteiger partial charge < -0.3 is 10.2 Å². The molecule has 0 radical (unpaired) electrons. The van der Waals surface area contributed by atoms with Crippen LogP contribution in [-0.4, -0.2) is 60.8 Å². The van der Waals surface area contributed by atoms with E-state index in [0.717, 1.165) is 61.5 Å². The molecule has 1 aliphatic heterocycles. The van der Waals surface area contributed by atoms with Crippen LogP contribution in [0.2, 0.25) is 0 Å². The monoisotopic (exact) mass is 404 g/mol. The number of nitrogens with one attached hydrogen (secondary N) is 1. The van der Waals surface area contributed by atoms with Crippen LogP contribution in [0, 0.1) is 6.92 Å². The van der Waals surface area contributed by atoms with Gasteiger partial charge in [0.1, 0.15) is 0 Å². The number of hydrogen-bond acceptors (Lipinski definition) is 6.